The van der Waals surface area contributed by atoms with Crippen molar-refractivity contribution in [1.82, 2.24) is 4.98 Å². The van der Waals surface area contributed by atoms with Gasteiger partial charge in [0.25, 0.3) is 5.91 Å². The molecule has 0 saturated heterocycles. The van der Waals surface area contributed by atoms with Crippen LogP contribution in [0.25, 0.3) is 10.9 Å². The highest BCUT2D eigenvalue weighted by Gasteiger charge is 2.10. The van der Waals surface area contributed by atoms with E-state index in [1.807, 2.05) is 23.6 Å². The summed E-state index contributed by atoms with van der Waals surface area (Å²) in [4.78, 5) is 17.0. The molecule has 0 fully saturated rings. The first-order valence-electron chi connectivity index (χ1n) is 5.74. The highest BCUT2D eigenvalue weighted by Crippen LogP contribution is 2.27. The van der Waals surface area contributed by atoms with Gasteiger partial charge in [0, 0.05) is 11.6 Å². The number of nitrogens with one attached hydrogen (secondary N) is 1. The monoisotopic (exact) mass is 269 g/mol. The number of amides is 1. The standard InChI is InChI=1S/C14H11N3OS/c15-10-5-6-11(9-3-1-7-16-13(9)10)17-14(18)12-4-2-8-19-12/h1-8H,15H2,(H,17,18). The lowest BCUT2D eigenvalue weighted by Crippen LogP contribution is -2.10. The molecule has 0 atom stereocenters. The van der Waals surface area contributed by atoms with E-state index in [-0.39, 0.29) is 5.91 Å². The predicted molar refractivity (Wildman–Crippen MR) is 78.4 cm³/mol. The average Bonchev–Trinajstić information content (AvgIpc) is 2.96. The Labute approximate surface area is 113 Å². The molecule has 5 heteroatoms. The van der Waals surface area contributed by atoms with Gasteiger partial charge in [0.2, 0.25) is 0 Å². The number of carbonyl (C=O) groups excluding carboxylic acids is 1. The molecule has 19 heavy (non-hydrogen) atoms. The van der Waals surface area contributed by atoms with E-state index in [1.54, 1.807) is 24.4 Å². The molecule has 0 aliphatic heterocycles. The molecule has 0 saturated carbocycles. The number of pyridine rings is 1. The molecule has 2 heterocycles. The summed E-state index contributed by atoms with van der Waals surface area (Å²) in [5, 5.41) is 5.60. The molecule has 0 aliphatic carbocycles. The fourth-order valence-electron chi connectivity index (χ4n) is 1.90. The topological polar surface area (TPSA) is 68.0 Å². The third kappa shape index (κ3) is 2.15. The first-order valence-corrected chi connectivity index (χ1v) is 6.62. The van der Waals surface area contributed by atoms with E-state index in [4.69, 9.17) is 5.73 Å². The molecule has 0 unspecified atom stereocenters. The number of hydrogen-bond donors (Lipinski definition) is 2. The van der Waals surface area contributed by atoms with Gasteiger partial charge in [-0.25, -0.2) is 0 Å². The molecule has 0 aliphatic rings. The van der Waals surface area contributed by atoms with Gasteiger partial charge in [-0.2, -0.15) is 0 Å². The van der Waals surface area contributed by atoms with E-state index in [2.05, 4.69) is 10.3 Å². The Hall–Kier alpha value is -2.40. The molecule has 94 valence electrons. The summed E-state index contributed by atoms with van der Waals surface area (Å²) in [6, 6.07) is 10.9. The third-order valence-corrected chi connectivity index (χ3v) is 3.66. The van der Waals surface area contributed by atoms with Crippen molar-refractivity contribution in [3.63, 3.8) is 0 Å². The van der Waals surface area contributed by atoms with E-state index in [0.717, 1.165) is 11.1 Å². The van der Waals surface area contributed by atoms with Gasteiger partial charge in [-0.05, 0) is 35.7 Å². The van der Waals surface area contributed by atoms with Gasteiger partial charge >= 0.3 is 0 Å². The van der Waals surface area contributed by atoms with Crippen molar-refractivity contribution in [2.45, 2.75) is 0 Å². The lowest BCUT2D eigenvalue weighted by molar-refractivity contribution is 0.103. The number of nitrogens with two attached hydrogens (primary N) is 1. The Balaban J connectivity index is 2.02. The molecular formula is C14H11N3OS. The third-order valence-electron chi connectivity index (χ3n) is 2.79. The van der Waals surface area contributed by atoms with Gasteiger partial charge in [-0.1, -0.05) is 6.07 Å². The number of nitrogens with zero attached hydrogens (tertiary/aromatic N) is 1. The number of fused-ring (bicyclic) bond motifs is 1. The van der Waals surface area contributed by atoms with Crippen LogP contribution in [0.5, 0.6) is 0 Å². The van der Waals surface area contributed by atoms with Crippen LogP contribution in [0.4, 0.5) is 11.4 Å². The van der Waals surface area contributed by atoms with Crippen molar-refractivity contribution in [3.8, 4) is 0 Å². The zero-order valence-electron chi connectivity index (χ0n) is 9.96. The molecule has 4 nitrogen and oxygen atoms in total. The van der Waals surface area contributed by atoms with Crippen molar-refractivity contribution >= 4 is 39.5 Å². The number of benzene rings is 1. The number of aromatic nitrogens is 1. The van der Waals surface area contributed by atoms with E-state index >= 15 is 0 Å². The lowest BCUT2D eigenvalue weighted by atomic mass is 10.1. The molecule has 0 bridgehead atoms. The van der Waals surface area contributed by atoms with E-state index in [9.17, 15) is 4.79 Å². The van der Waals surface area contributed by atoms with Crippen molar-refractivity contribution in [2.75, 3.05) is 11.1 Å². The molecule has 0 spiro atoms. The maximum absolute atomic E-state index is 12.1. The van der Waals surface area contributed by atoms with Gasteiger partial charge < -0.3 is 11.1 Å². The first kappa shape index (κ1) is 11.7. The molecule has 0 radical (unpaired) electrons. The molecule has 3 aromatic rings. The Morgan fingerprint density at radius 3 is 2.89 bits per heavy atom. The van der Waals surface area contributed by atoms with Crippen molar-refractivity contribution in [2.24, 2.45) is 0 Å². The molecule has 1 aromatic carbocycles. The highest BCUT2D eigenvalue weighted by atomic mass is 32.1. The van der Waals surface area contributed by atoms with Gasteiger partial charge in [-0.15, -0.1) is 11.3 Å². The second kappa shape index (κ2) is 4.70. The van der Waals surface area contributed by atoms with Gasteiger partial charge in [0.05, 0.1) is 21.8 Å². The fourth-order valence-corrected chi connectivity index (χ4v) is 2.51. The maximum atomic E-state index is 12.1. The van der Waals surface area contributed by atoms with Gasteiger partial charge in [0.1, 0.15) is 0 Å². The van der Waals surface area contributed by atoms with Crippen LogP contribution in [0.1, 0.15) is 9.67 Å². The highest BCUT2D eigenvalue weighted by molar-refractivity contribution is 7.12. The average molecular weight is 269 g/mol. The lowest BCUT2D eigenvalue weighted by Gasteiger charge is -2.08. The van der Waals surface area contributed by atoms with Crippen LogP contribution in [0.2, 0.25) is 0 Å². The summed E-state index contributed by atoms with van der Waals surface area (Å²) in [7, 11) is 0. The largest absolute Gasteiger partial charge is 0.397 e. The van der Waals surface area contributed by atoms with Crippen LogP contribution < -0.4 is 11.1 Å². The number of carbonyl (C=O) groups is 1. The minimum absolute atomic E-state index is 0.120. The zero-order chi connectivity index (χ0) is 13.2. The van der Waals surface area contributed by atoms with Gasteiger partial charge in [-0.3, -0.25) is 9.78 Å². The number of nitrogen functional groups attached to an aromatic ring is 1. The van der Waals surface area contributed by atoms with Crippen LogP contribution in [0.3, 0.4) is 0 Å². The Kier molecular flexibility index (Phi) is 2.89. The summed E-state index contributed by atoms with van der Waals surface area (Å²) in [6.07, 6.45) is 1.68. The number of rotatable bonds is 2. The number of thiophene rings is 1. The molecular weight excluding hydrogens is 258 g/mol. The molecule has 1 amide bonds. The second-order valence-electron chi connectivity index (χ2n) is 4.03. The van der Waals surface area contributed by atoms with Crippen LogP contribution in [0.15, 0.2) is 48.0 Å². The van der Waals surface area contributed by atoms with E-state index in [1.165, 1.54) is 11.3 Å². The Morgan fingerprint density at radius 2 is 2.11 bits per heavy atom. The minimum Gasteiger partial charge on any atom is -0.397 e. The second-order valence-corrected chi connectivity index (χ2v) is 4.98. The van der Waals surface area contributed by atoms with Crippen molar-refractivity contribution in [3.05, 3.63) is 52.9 Å². The van der Waals surface area contributed by atoms with Crippen LogP contribution in [-0.4, -0.2) is 10.9 Å². The smallest absolute Gasteiger partial charge is 0.265 e. The number of hydrogen-bond acceptors (Lipinski definition) is 4. The Morgan fingerprint density at radius 1 is 1.21 bits per heavy atom. The summed E-state index contributed by atoms with van der Waals surface area (Å²) in [5.41, 5.74) is 7.90. The number of anilines is 2. The Bertz CT molecular complexity index is 738. The first-order chi connectivity index (χ1) is 9.25. The zero-order valence-corrected chi connectivity index (χ0v) is 10.8. The fraction of sp³-hybridized carbons (Fsp3) is 0. The SMILES string of the molecule is Nc1ccc(NC(=O)c2cccs2)c2cccnc12. The van der Waals surface area contributed by atoms with Crippen molar-refractivity contribution in [1.29, 1.82) is 0 Å². The molecule has 3 rings (SSSR count). The molecule has 3 N–H and O–H groups in total. The maximum Gasteiger partial charge on any atom is 0.265 e. The normalized spacial score (nSPS) is 10.5. The quantitative estimate of drug-likeness (QED) is 0.702. The molecule has 2 aromatic heterocycles. The van der Waals surface area contributed by atoms with Crippen molar-refractivity contribution < 1.29 is 4.79 Å². The van der Waals surface area contributed by atoms with Crippen LogP contribution >= 0.6 is 11.3 Å². The summed E-state index contributed by atoms with van der Waals surface area (Å²) >= 11 is 1.41. The van der Waals surface area contributed by atoms with E-state index < -0.39 is 0 Å². The predicted octanol–water partition coefficient (Wildman–Crippen LogP) is 3.13. The summed E-state index contributed by atoms with van der Waals surface area (Å²) < 4.78 is 0. The van der Waals surface area contributed by atoms with Gasteiger partial charge in [0.15, 0.2) is 0 Å². The van der Waals surface area contributed by atoms with Crippen LogP contribution in [0, 0.1) is 0 Å². The van der Waals surface area contributed by atoms with E-state index in [0.29, 0.717) is 16.1 Å². The summed E-state index contributed by atoms with van der Waals surface area (Å²) in [6.45, 7) is 0. The minimum atomic E-state index is -0.120. The van der Waals surface area contributed by atoms with Crippen LogP contribution in [-0.2, 0) is 0 Å². The summed E-state index contributed by atoms with van der Waals surface area (Å²) in [5.74, 6) is -0.120.